The van der Waals surface area contributed by atoms with Crippen LogP contribution in [0, 0.1) is 0 Å². The second kappa shape index (κ2) is 9.55. The topological polar surface area (TPSA) is 116 Å². The normalized spacial score (nSPS) is 10.4. The number of methoxy groups -OCH3 is 2. The van der Waals surface area contributed by atoms with Gasteiger partial charge in [-0.15, -0.1) is 0 Å². The first kappa shape index (κ1) is 20.8. The first-order valence-electron chi connectivity index (χ1n) is 9.21. The molecule has 0 aliphatic heterocycles. The Morgan fingerprint density at radius 1 is 1.03 bits per heavy atom. The summed E-state index contributed by atoms with van der Waals surface area (Å²) < 4.78 is 15.6. The van der Waals surface area contributed by atoms with E-state index in [1.165, 1.54) is 14.0 Å². The number of carbonyl (C=O) groups is 2. The lowest BCUT2D eigenvalue weighted by molar-refractivity contribution is -0.116. The van der Waals surface area contributed by atoms with Crippen LogP contribution in [0.25, 0.3) is 11.4 Å². The summed E-state index contributed by atoms with van der Waals surface area (Å²) in [6.07, 6.45) is 0.417. The van der Waals surface area contributed by atoms with E-state index in [9.17, 15) is 9.59 Å². The third-order valence-electron chi connectivity index (χ3n) is 4.18. The molecule has 0 aliphatic carbocycles. The van der Waals surface area contributed by atoms with Crippen LogP contribution in [-0.2, 0) is 16.0 Å². The highest BCUT2D eigenvalue weighted by molar-refractivity contribution is 5.95. The molecule has 156 valence electrons. The molecule has 1 aromatic heterocycles. The molecular weight excluding hydrogens is 388 g/mol. The van der Waals surface area contributed by atoms with Crippen LogP contribution in [0.5, 0.6) is 11.5 Å². The molecule has 9 nitrogen and oxygen atoms in total. The summed E-state index contributed by atoms with van der Waals surface area (Å²) in [6.45, 7) is 1.41. The molecule has 2 N–H and O–H groups in total. The average Bonchev–Trinajstić information content (AvgIpc) is 3.21. The Bertz CT molecular complexity index is 1030. The number of benzene rings is 2. The number of anilines is 2. The van der Waals surface area contributed by atoms with Crippen molar-refractivity contribution >= 4 is 23.2 Å². The monoisotopic (exact) mass is 410 g/mol. The van der Waals surface area contributed by atoms with Gasteiger partial charge >= 0.3 is 0 Å². The Morgan fingerprint density at radius 3 is 2.47 bits per heavy atom. The lowest BCUT2D eigenvalue weighted by atomic mass is 10.2. The van der Waals surface area contributed by atoms with Gasteiger partial charge in [0.1, 0.15) is 11.5 Å². The molecule has 1 heterocycles. The molecule has 3 aromatic rings. The van der Waals surface area contributed by atoms with Crippen molar-refractivity contribution in [1.82, 2.24) is 10.1 Å². The van der Waals surface area contributed by atoms with E-state index in [1.54, 1.807) is 37.4 Å². The molecule has 0 bridgehead atoms. The number of nitrogens with zero attached hydrogens (tertiary/aromatic N) is 2. The van der Waals surface area contributed by atoms with E-state index in [0.29, 0.717) is 28.8 Å². The summed E-state index contributed by atoms with van der Waals surface area (Å²) in [4.78, 5) is 27.9. The largest absolute Gasteiger partial charge is 0.497 e. The summed E-state index contributed by atoms with van der Waals surface area (Å²) in [5.41, 5.74) is 1.80. The fourth-order valence-corrected chi connectivity index (χ4v) is 2.73. The van der Waals surface area contributed by atoms with Gasteiger partial charge in [0.2, 0.25) is 23.5 Å². The third kappa shape index (κ3) is 5.34. The first-order valence-corrected chi connectivity index (χ1v) is 9.21. The Morgan fingerprint density at radius 2 is 1.80 bits per heavy atom. The molecule has 0 atom stereocenters. The number of rotatable bonds is 8. The molecule has 0 aliphatic rings. The number of hydrogen-bond acceptors (Lipinski definition) is 7. The van der Waals surface area contributed by atoms with Gasteiger partial charge in [0.25, 0.3) is 0 Å². The molecule has 0 saturated heterocycles. The number of hydrogen-bond donors (Lipinski definition) is 2. The van der Waals surface area contributed by atoms with E-state index in [4.69, 9.17) is 14.0 Å². The minimum Gasteiger partial charge on any atom is -0.497 e. The summed E-state index contributed by atoms with van der Waals surface area (Å²) in [7, 11) is 3.10. The van der Waals surface area contributed by atoms with Gasteiger partial charge in [-0.05, 0) is 42.5 Å². The van der Waals surface area contributed by atoms with Gasteiger partial charge in [-0.3, -0.25) is 9.59 Å². The van der Waals surface area contributed by atoms with E-state index in [1.807, 2.05) is 12.1 Å². The number of aromatic nitrogens is 2. The lowest BCUT2D eigenvalue weighted by Crippen LogP contribution is -2.14. The van der Waals surface area contributed by atoms with Crippen molar-refractivity contribution in [3.05, 3.63) is 48.4 Å². The van der Waals surface area contributed by atoms with Crippen molar-refractivity contribution in [1.29, 1.82) is 0 Å². The summed E-state index contributed by atoms with van der Waals surface area (Å²) in [5, 5.41) is 9.40. The number of carbonyl (C=O) groups excluding carboxylic acids is 2. The fraction of sp³-hybridized carbons (Fsp3) is 0.238. The highest BCUT2D eigenvalue weighted by Crippen LogP contribution is 2.28. The van der Waals surface area contributed by atoms with Crippen LogP contribution in [0.2, 0.25) is 0 Å². The Hall–Kier alpha value is -3.88. The molecule has 0 radical (unpaired) electrons. The highest BCUT2D eigenvalue weighted by Gasteiger charge is 2.13. The van der Waals surface area contributed by atoms with Crippen LogP contribution >= 0.6 is 0 Å². The maximum absolute atomic E-state index is 12.4. The minimum absolute atomic E-state index is 0.137. The maximum Gasteiger partial charge on any atom is 0.227 e. The van der Waals surface area contributed by atoms with Crippen molar-refractivity contribution in [3.63, 3.8) is 0 Å². The molecule has 3 rings (SSSR count). The van der Waals surface area contributed by atoms with Crippen molar-refractivity contribution < 1.29 is 23.6 Å². The fourth-order valence-electron chi connectivity index (χ4n) is 2.73. The van der Waals surface area contributed by atoms with Crippen LogP contribution in [0.1, 0.15) is 19.2 Å². The van der Waals surface area contributed by atoms with Crippen LogP contribution in [0.4, 0.5) is 11.4 Å². The Balaban J connectivity index is 1.61. The summed E-state index contributed by atoms with van der Waals surface area (Å²) in [5.74, 6) is 1.56. The third-order valence-corrected chi connectivity index (χ3v) is 4.18. The van der Waals surface area contributed by atoms with Gasteiger partial charge < -0.3 is 24.6 Å². The van der Waals surface area contributed by atoms with Gasteiger partial charge in [-0.2, -0.15) is 4.98 Å². The van der Waals surface area contributed by atoms with E-state index in [-0.39, 0.29) is 24.7 Å². The van der Waals surface area contributed by atoms with E-state index in [0.717, 1.165) is 11.3 Å². The van der Waals surface area contributed by atoms with E-state index < -0.39 is 0 Å². The zero-order valence-electron chi connectivity index (χ0n) is 16.9. The van der Waals surface area contributed by atoms with Crippen molar-refractivity contribution in [3.8, 4) is 22.9 Å². The molecular formula is C21H22N4O5. The van der Waals surface area contributed by atoms with E-state index in [2.05, 4.69) is 20.8 Å². The van der Waals surface area contributed by atoms with Crippen molar-refractivity contribution in [2.45, 2.75) is 19.8 Å². The molecule has 0 spiro atoms. The number of ether oxygens (including phenoxy) is 2. The number of nitrogens with one attached hydrogen (secondary N) is 2. The maximum atomic E-state index is 12.4. The molecule has 0 saturated carbocycles. The first-order chi connectivity index (χ1) is 14.5. The SMILES string of the molecule is COc1ccc(-c2noc(CCC(=O)Nc3cc(NC(C)=O)ccc3OC)n2)cc1. The van der Waals surface area contributed by atoms with Gasteiger partial charge in [-0.1, -0.05) is 5.16 Å². The lowest BCUT2D eigenvalue weighted by Gasteiger charge is -2.12. The summed E-state index contributed by atoms with van der Waals surface area (Å²) in [6, 6.07) is 12.3. The van der Waals surface area contributed by atoms with Gasteiger partial charge in [-0.25, -0.2) is 0 Å². The van der Waals surface area contributed by atoms with Crippen LogP contribution in [0.15, 0.2) is 47.0 Å². The predicted octanol–water partition coefficient (Wildman–Crippen LogP) is 3.28. The smallest absolute Gasteiger partial charge is 0.227 e. The average molecular weight is 410 g/mol. The Kier molecular flexibility index (Phi) is 6.63. The molecule has 9 heteroatoms. The second-order valence-electron chi connectivity index (χ2n) is 6.38. The molecule has 2 amide bonds. The highest BCUT2D eigenvalue weighted by atomic mass is 16.5. The van der Waals surface area contributed by atoms with Gasteiger partial charge in [0.05, 0.1) is 19.9 Å². The zero-order chi connectivity index (χ0) is 21.5. The van der Waals surface area contributed by atoms with Crippen LogP contribution in [0.3, 0.4) is 0 Å². The number of amides is 2. The Labute approximate surface area is 173 Å². The van der Waals surface area contributed by atoms with Crippen molar-refractivity contribution in [2.24, 2.45) is 0 Å². The van der Waals surface area contributed by atoms with Gasteiger partial charge in [0.15, 0.2) is 0 Å². The molecule has 2 aromatic carbocycles. The summed E-state index contributed by atoms with van der Waals surface area (Å²) >= 11 is 0. The predicted molar refractivity (Wildman–Crippen MR) is 111 cm³/mol. The zero-order valence-corrected chi connectivity index (χ0v) is 16.9. The molecule has 0 unspecified atom stereocenters. The number of aryl methyl sites for hydroxylation is 1. The van der Waals surface area contributed by atoms with Crippen molar-refractivity contribution in [2.75, 3.05) is 24.9 Å². The van der Waals surface area contributed by atoms with Crippen LogP contribution in [-0.4, -0.2) is 36.2 Å². The molecule has 0 fully saturated rings. The minimum atomic E-state index is -0.252. The van der Waals surface area contributed by atoms with Crippen LogP contribution < -0.4 is 20.1 Å². The second-order valence-corrected chi connectivity index (χ2v) is 6.38. The quantitative estimate of drug-likeness (QED) is 0.585. The van der Waals surface area contributed by atoms with Gasteiger partial charge in [0, 0.05) is 31.0 Å². The standard InChI is InChI=1S/C21H22N4O5/c1-13(26)22-15-6-9-18(29-3)17(12-15)23-19(27)10-11-20-24-21(25-30-20)14-4-7-16(28-2)8-5-14/h4-9,12H,10-11H2,1-3H3,(H,22,26)(H,23,27). The van der Waals surface area contributed by atoms with E-state index >= 15 is 0 Å². The molecule has 30 heavy (non-hydrogen) atoms.